The predicted molar refractivity (Wildman–Crippen MR) is 58.3 cm³/mol. The number of nitrogens with two attached hydrogens (primary N) is 1. The van der Waals surface area contributed by atoms with E-state index < -0.39 is 0 Å². The normalized spacial score (nSPS) is 15.5. The van der Waals surface area contributed by atoms with E-state index in [0.717, 1.165) is 16.8 Å². The first-order chi connectivity index (χ1) is 7.36. The molecule has 0 bridgehead atoms. The molecule has 0 saturated heterocycles. The minimum absolute atomic E-state index is 0.483. The maximum atomic E-state index is 5.79. The van der Waals surface area contributed by atoms with Gasteiger partial charge in [0, 0.05) is 11.1 Å². The van der Waals surface area contributed by atoms with Crippen LogP contribution in [-0.4, -0.2) is 5.16 Å². The average Bonchev–Trinajstić information content (AvgIpc) is 3.03. The third-order valence-corrected chi connectivity index (χ3v) is 2.79. The quantitative estimate of drug-likeness (QED) is 0.810. The molecule has 1 aliphatic carbocycles. The lowest BCUT2D eigenvalue weighted by atomic mass is 10.0. The van der Waals surface area contributed by atoms with Gasteiger partial charge in [-0.25, -0.2) is 0 Å². The van der Waals surface area contributed by atoms with Crippen LogP contribution in [0.2, 0.25) is 0 Å². The highest BCUT2D eigenvalue weighted by Crippen LogP contribution is 2.46. The summed E-state index contributed by atoms with van der Waals surface area (Å²) in [6, 6.07) is 10.0. The molecule has 2 aromatic rings. The van der Waals surface area contributed by atoms with Crippen LogP contribution in [0.1, 0.15) is 24.3 Å². The maximum absolute atomic E-state index is 5.79. The molecule has 0 spiro atoms. The van der Waals surface area contributed by atoms with Gasteiger partial charge in [0.25, 0.3) is 0 Å². The molecule has 0 atom stereocenters. The molecule has 3 nitrogen and oxygen atoms in total. The van der Waals surface area contributed by atoms with Crippen molar-refractivity contribution in [2.75, 3.05) is 5.73 Å². The first kappa shape index (κ1) is 8.53. The predicted octanol–water partition coefficient (Wildman–Crippen LogP) is 2.80. The molecule has 0 aliphatic heterocycles. The summed E-state index contributed by atoms with van der Waals surface area (Å²) in [6.45, 7) is 0. The number of nitrogen functional groups attached to an aromatic ring is 1. The van der Waals surface area contributed by atoms with Gasteiger partial charge in [0.05, 0.1) is 0 Å². The van der Waals surface area contributed by atoms with Crippen molar-refractivity contribution in [2.45, 2.75) is 18.8 Å². The first-order valence-corrected chi connectivity index (χ1v) is 5.16. The van der Waals surface area contributed by atoms with Crippen molar-refractivity contribution in [3.8, 4) is 11.3 Å². The van der Waals surface area contributed by atoms with Gasteiger partial charge in [0.1, 0.15) is 5.69 Å². The highest BCUT2D eigenvalue weighted by molar-refractivity contribution is 5.68. The number of nitrogens with zero attached hydrogens (tertiary/aromatic N) is 1. The Morgan fingerprint density at radius 1 is 1.20 bits per heavy atom. The summed E-state index contributed by atoms with van der Waals surface area (Å²) >= 11 is 0. The summed E-state index contributed by atoms with van der Waals surface area (Å²) in [5.74, 6) is 1.04. The number of hydrogen-bond acceptors (Lipinski definition) is 3. The van der Waals surface area contributed by atoms with E-state index in [1.54, 1.807) is 0 Å². The third-order valence-electron chi connectivity index (χ3n) is 2.79. The Balaban J connectivity index is 2.12. The third kappa shape index (κ3) is 1.40. The van der Waals surface area contributed by atoms with Gasteiger partial charge in [-0.3, -0.25) is 0 Å². The van der Waals surface area contributed by atoms with E-state index >= 15 is 0 Å². The van der Waals surface area contributed by atoms with E-state index in [1.807, 2.05) is 30.3 Å². The summed E-state index contributed by atoms with van der Waals surface area (Å²) in [4.78, 5) is 0. The Hall–Kier alpha value is -1.77. The molecular weight excluding hydrogens is 188 g/mol. The van der Waals surface area contributed by atoms with Crippen LogP contribution in [-0.2, 0) is 0 Å². The van der Waals surface area contributed by atoms with E-state index in [-0.39, 0.29) is 0 Å². The minimum Gasteiger partial charge on any atom is -0.367 e. The molecule has 1 fully saturated rings. The molecule has 1 aromatic heterocycles. The molecule has 2 N–H and O–H groups in total. The molecule has 3 heteroatoms. The van der Waals surface area contributed by atoms with Crippen molar-refractivity contribution >= 4 is 5.88 Å². The Labute approximate surface area is 87.9 Å². The van der Waals surface area contributed by atoms with E-state index in [1.165, 1.54) is 12.8 Å². The molecule has 1 aliphatic rings. The lowest BCUT2D eigenvalue weighted by Crippen LogP contribution is -1.89. The molecule has 76 valence electrons. The van der Waals surface area contributed by atoms with E-state index in [9.17, 15) is 0 Å². The van der Waals surface area contributed by atoms with Crippen LogP contribution >= 0.6 is 0 Å². The standard InChI is InChI=1S/C12H12N2O/c13-12-10(8-6-7-8)11(14-15-12)9-4-2-1-3-5-9/h1-5,8H,6-7,13H2. The van der Waals surface area contributed by atoms with Gasteiger partial charge < -0.3 is 10.3 Å². The van der Waals surface area contributed by atoms with Crippen molar-refractivity contribution in [2.24, 2.45) is 0 Å². The van der Waals surface area contributed by atoms with Crippen LogP contribution in [0.3, 0.4) is 0 Å². The van der Waals surface area contributed by atoms with Crippen LogP contribution in [0.25, 0.3) is 11.3 Å². The van der Waals surface area contributed by atoms with Crippen LogP contribution in [0.5, 0.6) is 0 Å². The fourth-order valence-electron chi connectivity index (χ4n) is 1.88. The molecule has 1 saturated carbocycles. The van der Waals surface area contributed by atoms with E-state index in [4.69, 9.17) is 10.3 Å². The Morgan fingerprint density at radius 2 is 1.93 bits per heavy atom. The molecule has 0 unspecified atom stereocenters. The summed E-state index contributed by atoms with van der Waals surface area (Å²) in [5.41, 5.74) is 8.88. The van der Waals surface area contributed by atoms with Crippen LogP contribution in [0.4, 0.5) is 5.88 Å². The van der Waals surface area contributed by atoms with Gasteiger partial charge in [-0.15, -0.1) is 0 Å². The van der Waals surface area contributed by atoms with Crippen LogP contribution in [0.15, 0.2) is 34.9 Å². The molecule has 0 amide bonds. The van der Waals surface area contributed by atoms with Crippen molar-refractivity contribution in [3.63, 3.8) is 0 Å². The Bertz CT molecular complexity index is 472. The maximum Gasteiger partial charge on any atom is 0.226 e. The molecule has 1 aromatic carbocycles. The number of hydrogen-bond donors (Lipinski definition) is 1. The number of benzene rings is 1. The molecule has 15 heavy (non-hydrogen) atoms. The van der Waals surface area contributed by atoms with Crippen molar-refractivity contribution < 1.29 is 4.52 Å². The first-order valence-electron chi connectivity index (χ1n) is 5.16. The minimum atomic E-state index is 0.483. The largest absolute Gasteiger partial charge is 0.367 e. The summed E-state index contributed by atoms with van der Waals surface area (Å²) in [6.07, 6.45) is 2.40. The lowest BCUT2D eigenvalue weighted by molar-refractivity contribution is 0.438. The lowest BCUT2D eigenvalue weighted by Gasteiger charge is -1.99. The zero-order valence-electron chi connectivity index (χ0n) is 8.31. The SMILES string of the molecule is Nc1onc(-c2ccccc2)c1C1CC1. The second-order valence-corrected chi connectivity index (χ2v) is 3.95. The fourth-order valence-corrected chi connectivity index (χ4v) is 1.88. The van der Waals surface area contributed by atoms with Crippen LogP contribution < -0.4 is 5.73 Å². The van der Waals surface area contributed by atoms with Crippen LogP contribution in [0, 0.1) is 0 Å². The molecule has 0 radical (unpaired) electrons. The van der Waals surface area contributed by atoms with E-state index in [2.05, 4.69) is 5.16 Å². The smallest absolute Gasteiger partial charge is 0.226 e. The highest BCUT2D eigenvalue weighted by atomic mass is 16.5. The van der Waals surface area contributed by atoms with Gasteiger partial charge in [-0.1, -0.05) is 35.5 Å². The summed E-state index contributed by atoms with van der Waals surface area (Å²) < 4.78 is 5.08. The van der Waals surface area contributed by atoms with Crippen molar-refractivity contribution in [1.82, 2.24) is 5.16 Å². The monoisotopic (exact) mass is 200 g/mol. The average molecular weight is 200 g/mol. The highest BCUT2D eigenvalue weighted by Gasteiger charge is 2.31. The Morgan fingerprint density at radius 3 is 2.60 bits per heavy atom. The fraction of sp³-hybridized carbons (Fsp3) is 0.250. The molecule has 1 heterocycles. The van der Waals surface area contributed by atoms with Crippen molar-refractivity contribution in [1.29, 1.82) is 0 Å². The van der Waals surface area contributed by atoms with Gasteiger partial charge >= 0.3 is 0 Å². The second kappa shape index (κ2) is 3.12. The number of aromatic nitrogens is 1. The van der Waals surface area contributed by atoms with Gasteiger partial charge in [-0.2, -0.15) is 0 Å². The number of anilines is 1. The zero-order valence-corrected chi connectivity index (χ0v) is 8.31. The van der Waals surface area contributed by atoms with Gasteiger partial charge in [0.15, 0.2) is 0 Å². The van der Waals surface area contributed by atoms with Crippen molar-refractivity contribution in [3.05, 3.63) is 35.9 Å². The number of rotatable bonds is 2. The second-order valence-electron chi connectivity index (χ2n) is 3.95. The molecule has 3 rings (SSSR count). The topological polar surface area (TPSA) is 52.0 Å². The van der Waals surface area contributed by atoms with E-state index in [0.29, 0.717) is 11.8 Å². The summed E-state index contributed by atoms with van der Waals surface area (Å²) in [5, 5.41) is 4.05. The van der Waals surface area contributed by atoms with Gasteiger partial charge in [0.2, 0.25) is 5.88 Å². The summed E-state index contributed by atoms with van der Waals surface area (Å²) in [7, 11) is 0. The Kier molecular flexibility index (Phi) is 1.78. The molecular formula is C12H12N2O. The zero-order chi connectivity index (χ0) is 10.3. The van der Waals surface area contributed by atoms with Gasteiger partial charge in [-0.05, 0) is 18.8 Å².